The zero-order valence-electron chi connectivity index (χ0n) is 14.5. The highest BCUT2D eigenvalue weighted by Gasteiger charge is 2.28. The smallest absolute Gasteiger partial charge is 0.243 e. The van der Waals surface area contributed by atoms with Gasteiger partial charge in [-0.2, -0.15) is 0 Å². The first kappa shape index (κ1) is 20.6. The number of amides is 2. The SMILES string of the molecule is CC(C)CC(N)C(=O)NC(C(=O)NC([C]=O)C(C)C)C(C)C. The maximum atomic E-state index is 12.3. The molecule has 0 bridgehead atoms. The number of rotatable bonds is 9. The van der Waals surface area contributed by atoms with Crippen LogP contribution in [-0.4, -0.2) is 36.2 Å². The van der Waals surface area contributed by atoms with E-state index in [0.29, 0.717) is 12.3 Å². The molecule has 0 saturated carbocycles. The van der Waals surface area contributed by atoms with Crippen LogP contribution in [0.5, 0.6) is 0 Å². The van der Waals surface area contributed by atoms with Crippen molar-refractivity contribution in [3.05, 3.63) is 0 Å². The summed E-state index contributed by atoms with van der Waals surface area (Å²) in [4.78, 5) is 35.3. The molecule has 0 spiro atoms. The Hall–Kier alpha value is -1.43. The van der Waals surface area contributed by atoms with Gasteiger partial charge >= 0.3 is 0 Å². The lowest BCUT2D eigenvalue weighted by Crippen LogP contribution is -2.56. The van der Waals surface area contributed by atoms with Crippen LogP contribution in [0, 0.1) is 17.8 Å². The summed E-state index contributed by atoms with van der Waals surface area (Å²) in [6, 6.07) is -2.05. The molecule has 0 fully saturated rings. The number of nitrogens with one attached hydrogen (secondary N) is 2. The molecule has 6 nitrogen and oxygen atoms in total. The Morgan fingerprint density at radius 3 is 1.86 bits per heavy atom. The maximum Gasteiger partial charge on any atom is 0.243 e. The van der Waals surface area contributed by atoms with Gasteiger partial charge in [0.1, 0.15) is 6.04 Å². The minimum atomic E-state index is -0.722. The molecule has 0 aliphatic rings. The summed E-state index contributed by atoms with van der Waals surface area (Å²) in [7, 11) is 0. The molecule has 127 valence electrons. The predicted molar refractivity (Wildman–Crippen MR) is 86.7 cm³/mol. The molecule has 0 saturated heterocycles. The second kappa shape index (κ2) is 9.56. The lowest BCUT2D eigenvalue weighted by atomic mass is 9.99. The molecule has 3 unspecified atom stereocenters. The summed E-state index contributed by atoms with van der Waals surface area (Å²) < 4.78 is 0. The van der Waals surface area contributed by atoms with Gasteiger partial charge in [0, 0.05) is 0 Å². The van der Waals surface area contributed by atoms with Gasteiger partial charge in [0.25, 0.3) is 0 Å². The van der Waals surface area contributed by atoms with Gasteiger partial charge in [-0.1, -0.05) is 41.5 Å². The third kappa shape index (κ3) is 7.02. The molecule has 22 heavy (non-hydrogen) atoms. The fourth-order valence-corrected chi connectivity index (χ4v) is 1.99. The lowest BCUT2D eigenvalue weighted by molar-refractivity contribution is -0.131. The van der Waals surface area contributed by atoms with Crippen LogP contribution in [0.3, 0.4) is 0 Å². The molecule has 2 amide bonds. The van der Waals surface area contributed by atoms with Crippen molar-refractivity contribution in [2.75, 3.05) is 0 Å². The zero-order valence-corrected chi connectivity index (χ0v) is 14.5. The minimum Gasteiger partial charge on any atom is -0.344 e. The Balaban J connectivity index is 4.82. The summed E-state index contributed by atoms with van der Waals surface area (Å²) in [6.07, 6.45) is 2.36. The van der Waals surface area contributed by atoms with Crippen molar-refractivity contribution in [1.29, 1.82) is 0 Å². The van der Waals surface area contributed by atoms with E-state index in [2.05, 4.69) is 10.6 Å². The number of hydrogen-bond acceptors (Lipinski definition) is 4. The Morgan fingerprint density at radius 1 is 0.955 bits per heavy atom. The van der Waals surface area contributed by atoms with Gasteiger partial charge in [-0.05, 0) is 24.2 Å². The van der Waals surface area contributed by atoms with Crippen LogP contribution in [0.25, 0.3) is 0 Å². The van der Waals surface area contributed by atoms with Gasteiger partial charge in [0.2, 0.25) is 18.1 Å². The van der Waals surface area contributed by atoms with E-state index < -0.39 is 18.1 Å². The fourth-order valence-electron chi connectivity index (χ4n) is 1.99. The van der Waals surface area contributed by atoms with Crippen LogP contribution in [-0.2, 0) is 14.4 Å². The first-order chi connectivity index (χ1) is 10.1. The van der Waals surface area contributed by atoms with Crippen molar-refractivity contribution >= 4 is 18.1 Å². The third-order valence-corrected chi connectivity index (χ3v) is 3.40. The lowest BCUT2D eigenvalue weighted by Gasteiger charge is -2.26. The highest BCUT2D eigenvalue weighted by atomic mass is 16.2. The molecule has 0 rings (SSSR count). The standard InChI is InChI=1S/C16H30N3O3/c1-9(2)7-12(17)15(21)19-14(11(5)6)16(22)18-13(8-20)10(3)4/h9-14H,7,17H2,1-6H3,(H,18,22)(H,19,21). The van der Waals surface area contributed by atoms with Crippen molar-refractivity contribution in [2.24, 2.45) is 23.5 Å². The highest BCUT2D eigenvalue weighted by Crippen LogP contribution is 2.07. The number of hydrogen-bond donors (Lipinski definition) is 3. The molecule has 4 N–H and O–H groups in total. The Bertz CT molecular complexity index is 381. The summed E-state index contributed by atoms with van der Waals surface area (Å²) in [6.45, 7) is 11.2. The van der Waals surface area contributed by atoms with E-state index in [9.17, 15) is 14.4 Å². The van der Waals surface area contributed by atoms with Crippen molar-refractivity contribution in [2.45, 2.75) is 66.1 Å². The van der Waals surface area contributed by atoms with Crippen LogP contribution < -0.4 is 16.4 Å². The summed E-state index contributed by atoms with van der Waals surface area (Å²) in [5.74, 6) is -0.620. The Morgan fingerprint density at radius 2 is 1.50 bits per heavy atom. The van der Waals surface area contributed by atoms with E-state index in [0.717, 1.165) is 0 Å². The number of carbonyl (C=O) groups is 2. The van der Waals surface area contributed by atoms with Crippen LogP contribution in [0.4, 0.5) is 0 Å². The zero-order chi connectivity index (χ0) is 17.4. The summed E-state index contributed by atoms with van der Waals surface area (Å²) in [5, 5.41) is 5.30. The maximum absolute atomic E-state index is 12.3. The average Bonchev–Trinajstić information content (AvgIpc) is 2.39. The average molecular weight is 312 g/mol. The van der Waals surface area contributed by atoms with E-state index in [1.807, 2.05) is 47.8 Å². The van der Waals surface area contributed by atoms with E-state index >= 15 is 0 Å². The van der Waals surface area contributed by atoms with Crippen LogP contribution in [0.1, 0.15) is 48.0 Å². The van der Waals surface area contributed by atoms with Gasteiger partial charge < -0.3 is 16.4 Å². The van der Waals surface area contributed by atoms with E-state index in [1.54, 1.807) is 0 Å². The first-order valence-electron chi connectivity index (χ1n) is 7.84. The third-order valence-electron chi connectivity index (χ3n) is 3.40. The van der Waals surface area contributed by atoms with Gasteiger partial charge in [0.05, 0.1) is 12.1 Å². The molecule has 0 aliphatic carbocycles. The second-order valence-corrected chi connectivity index (χ2v) is 6.81. The fraction of sp³-hybridized carbons (Fsp3) is 0.812. The van der Waals surface area contributed by atoms with Crippen molar-refractivity contribution < 1.29 is 14.4 Å². The molecule has 6 heteroatoms. The van der Waals surface area contributed by atoms with Crippen molar-refractivity contribution in [3.63, 3.8) is 0 Å². The second-order valence-electron chi connectivity index (χ2n) is 6.81. The van der Waals surface area contributed by atoms with Crippen LogP contribution in [0.15, 0.2) is 0 Å². The van der Waals surface area contributed by atoms with Crippen LogP contribution >= 0.6 is 0 Å². The van der Waals surface area contributed by atoms with E-state index in [4.69, 9.17) is 5.73 Å². The topological polar surface area (TPSA) is 101 Å². The van der Waals surface area contributed by atoms with Gasteiger partial charge in [-0.25, -0.2) is 0 Å². The van der Waals surface area contributed by atoms with Gasteiger partial charge in [0.15, 0.2) is 0 Å². The molecular formula is C16H30N3O3. The van der Waals surface area contributed by atoms with E-state index in [1.165, 1.54) is 0 Å². The molecule has 0 aromatic rings. The largest absolute Gasteiger partial charge is 0.344 e. The van der Waals surface area contributed by atoms with E-state index in [-0.39, 0.29) is 23.7 Å². The van der Waals surface area contributed by atoms with Gasteiger partial charge in [-0.15, -0.1) is 0 Å². The molecule has 0 aromatic carbocycles. The molecule has 0 aliphatic heterocycles. The van der Waals surface area contributed by atoms with Crippen LogP contribution in [0.2, 0.25) is 0 Å². The summed E-state index contributed by atoms with van der Waals surface area (Å²) >= 11 is 0. The molecule has 1 radical (unpaired) electrons. The van der Waals surface area contributed by atoms with Crippen molar-refractivity contribution in [1.82, 2.24) is 10.6 Å². The Kier molecular flexibility index (Phi) is 8.94. The Labute approximate surface area is 133 Å². The number of nitrogens with two attached hydrogens (primary N) is 1. The predicted octanol–water partition coefficient (Wildman–Crippen LogP) is 0.751. The minimum absolute atomic E-state index is 0.0619. The summed E-state index contributed by atoms with van der Waals surface area (Å²) in [5.41, 5.74) is 5.84. The van der Waals surface area contributed by atoms with Crippen molar-refractivity contribution in [3.8, 4) is 0 Å². The molecule has 3 atom stereocenters. The van der Waals surface area contributed by atoms with Gasteiger partial charge in [-0.3, -0.25) is 14.4 Å². The first-order valence-corrected chi connectivity index (χ1v) is 7.84. The quantitative estimate of drug-likeness (QED) is 0.585. The monoisotopic (exact) mass is 312 g/mol. The normalized spacial score (nSPS) is 15.5. The highest BCUT2D eigenvalue weighted by molar-refractivity contribution is 5.91. The number of carbonyl (C=O) groups excluding carboxylic acids is 3. The molecule has 0 heterocycles. The molecular weight excluding hydrogens is 282 g/mol. The molecule has 0 aromatic heterocycles.